The lowest BCUT2D eigenvalue weighted by molar-refractivity contribution is 0.0277. The molecule has 144 valence electrons. The number of hydrogen-bond donors (Lipinski definition) is 2. The topological polar surface area (TPSA) is 69.4 Å². The first-order chi connectivity index (χ1) is 12.3. The van der Waals surface area contributed by atoms with Crippen LogP contribution in [0.3, 0.4) is 0 Å². The van der Waals surface area contributed by atoms with E-state index in [-0.39, 0.29) is 24.0 Å². The maximum atomic E-state index is 8.83. The SMILES string of the molecule is CCNC(=NCc1ccc(C#N)cc1)NCCCOC1CCCCC1.I. The van der Waals surface area contributed by atoms with Crippen molar-refractivity contribution < 1.29 is 4.74 Å². The van der Waals surface area contributed by atoms with E-state index in [9.17, 15) is 0 Å². The number of ether oxygens (including phenoxy) is 1. The van der Waals surface area contributed by atoms with Crippen LogP contribution in [0.4, 0.5) is 0 Å². The van der Waals surface area contributed by atoms with Gasteiger partial charge in [-0.1, -0.05) is 31.4 Å². The van der Waals surface area contributed by atoms with E-state index in [0.717, 1.165) is 37.6 Å². The summed E-state index contributed by atoms with van der Waals surface area (Å²) in [7, 11) is 0. The lowest BCUT2D eigenvalue weighted by Gasteiger charge is -2.22. The molecule has 0 bridgehead atoms. The molecule has 0 amide bonds. The van der Waals surface area contributed by atoms with Gasteiger partial charge in [0.25, 0.3) is 0 Å². The average Bonchev–Trinajstić information content (AvgIpc) is 2.67. The van der Waals surface area contributed by atoms with Gasteiger partial charge in [-0.2, -0.15) is 5.26 Å². The van der Waals surface area contributed by atoms with Crippen LogP contribution in [0.15, 0.2) is 29.3 Å². The van der Waals surface area contributed by atoms with Crippen molar-refractivity contribution in [3.8, 4) is 6.07 Å². The zero-order valence-corrected chi connectivity index (χ0v) is 18.0. The third-order valence-corrected chi connectivity index (χ3v) is 4.37. The first-order valence-electron chi connectivity index (χ1n) is 9.44. The van der Waals surface area contributed by atoms with Crippen LogP contribution in [0.25, 0.3) is 0 Å². The zero-order valence-electron chi connectivity index (χ0n) is 15.7. The summed E-state index contributed by atoms with van der Waals surface area (Å²) in [6.07, 6.45) is 7.91. The van der Waals surface area contributed by atoms with Crippen molar-refractivity contribution in [2.24, 2.45) is 4.99 Å². The molecule has 1 saturated carbocycles. The molecule has 1 aromatic rings. The van der Waals surface area contributed by atoms with Crippen molar-refractivity contribution in [3.63, 3.8) is 0 Å². The lowest BCUT2D eigenvalue weighted by Crippen LogP contribution is -2.38. The van der Waals surface area contributed by atoms with E-state index >= 15 is 0 Å². The molecule has 0 unspecified atom stereocenters. The van der Waals surface area contributed by atoms with E-state index in [0.29, 0.717) is 18.2 Å². The molecule has 1 fully saturated rings. The molecule has 1 aliphatic rings. The number of hydrogen-bond acceptors (Lipinski definition) is 3. The highest BCUT2D eigenvalue weighted by atomic mass is 127. The highest BCUT2D eigenvalue weighted by Crippen LogP contribution is 2.20. The Morgan fingerprint density at radius 3 is 2.58 bits per heavy atom. The highest BCUT2D eigenvalue weighted by molar-refractivity contribution is 14.0. The van der Waals surface area contributed by atoms with Crippen molar-refractivity contribution >= 4 is 29.9 Å². The van der Waals surface area contributed by atoms with E-state index in [1.54, 1.807) is 0 Å². The van der Waals surface area contributed by atoms with Gasteiger partial charge in [-0.3, -0.25) is 0 Å². The molecule has 6 heteroatoms. The third kappa shape index (κ3) is 8.86. The molecule has 0 aromatic heterocycles. The normalized spacial score (nSPS) is 15.0. The molecular formula is C20H31IN4O. The largest absolute Gasteiger partial charge is 0.378 e. The molecule has 5 nitrogen and oxygen atoms in total. The molecule has 2 rings (SSSR count). The first kappa shape index (κ1) is 22.7. The van der Waals surface area contributed by atoms with Crippen molar-refractivity contribution in [2.45, 2.75) is 58.1 Å². The Morgan fingerprint density at radius 1 is 1.19 bits per heavy atom. The number of guanidine groups is 1. The van der Waals surface area contributed by atoms with Crippen LogP contribution in [0.1, 0.15) is 56.6 Å². The third-order valence-electron chi connectivity index (χ3n) is 4.37. The minimum Gasteiger partial charge on any atom is -0.378 e. The number of nitriles is 1. The number of benzene rings is 1. The highest BCUT2D eigenvalue weighted by Gasteiger charge is 2.12. The molecule has 0 aliphatic heterocycles. The number of nitrogens with zero attached hydrogens (tertiary/aromatic N) is 2. The second-order valence-electron chi connectivity index (χ2n) is 6.42. The van der Waals surface area contributed by atoms with Crippen molar-refractivity contribution in [2.75, 3.05) is 19.7 Å². The van der Waals surface area contributed by atoms with Gasteiger partial charge in [0.2, 0.25) is 0 Å². The number of rotatable bonds is 8. The number of halogens is 1. The second kappa shape index (κ2) is 13.8. The van der Waals surface area contributed by atoms with Gasteiger partial charge in [0.1, 0.15) is 0 Å². The van der Waals surface area contributed by atoms with Crippen LogP contribution in [-0.2, 0) is 11.3 Å². The summed E-state index contributed by atoms with van der Waals surface area (Å²) in [5.41, 5.74) is 1.77. The van der Waals surface area contributed by atoms with E-state index in [4.69, 9.17) is 10.00 Å². The summed E-state index contributed by atoms with van der Waals surface area (Å²) >= 11 is 0. The molecule has 0 atom stereocenters. The van der Waals surface area contributed by atoms with E-state index in [1.165, 1.54) is 32.1 Å². The van der Waals surface area contributed by atoms with Gasteiger partial charge in [0.15, 0.2) is 5.96 Å². The molecule has 0 heterocycles. The van der Waals surface area contributed by atoms with Crippen LogP contribution in [0, 0.1) is 11.3 Å². The maximum absolute atomic E-state index is 8.83. The van der Waals surface area contributed by atoms with E-state index in [2.05, 4.69) is 28.6 Å². The summed E-state index contributed by atoms with van der Waals surface area (Å²) in [5.74, 6) is 0.824. The molecule has 1 aliphatic carbocycles. The van der Waals surface area contributed by atoms with Gasteiger partial charge in [0.05, 0.1) is 24.3 Å². The predicted octanol–water partition coefficient (Wildman–Crippen LogP) is 3.97. The zero-order chi connectivity index (χ0) is 17.7. The van der Waals surface area contributed by atoms with Crippen LogP contribution >= 0.6 is 24.0 Å². The first-order valence-corrected chi connectivity index (χ1v) is 9.44. The Hall–Kier alpha value is -1.33. The van der Waals surface area contributed by atoms with Gasteiger partial charge < -0.3 is 15.4 Å². The van der Waals surface area contributed by atoms with Gasteiger partial charge in [-0.15, -0.1) is 24.0 Å². The standard InChI is InChI=1S/C20H30N4O.HI/c1-2-22-20(24-16-18-11-9-17(15-21)10-12-18)23-13-6-14-25-19-7-4-3-5-8-19;/h9-12,19H,2-8,13-14,16H2,1H3,(H2,22,23,24);1H. The van der Waals surface area contributed by atoms with Crippen molar-refractivity contribution in [1.29, 1.82) is 5.26 Å². The summed E-state index contributed by atoms with van der Waals surface area (Å²) in [6, 6.07) is 9.68. The average molecular weight is 470 g/mol. The van der Waals surface area contributed by atoms with E-state index in [1.807, 2.05) is 24.3 Å². The van der Waals surface area contributed by atoms with Crippen LogP contribution in [0.5, 0.6) is 0 Å². The summed E-state index contributed by atoms with van der Waals surface area (Å²) in [4.78, 5) is 4.60. The minimum atomic E-state index is 0. The summed E-state index contributed by atoms with van der Waals surface area (Å²) in [5, 5.41) is 15.5. The summed E-state index contributed by atoms with van der Waals surface area (Å²) < 4.78 is 5.95. The van der Waals surface area contributed by atoms with E-state index < -0.39 is 0 Å². The van der Waals surface area contributed by atoms with Gasteiger partial charge >= 0.3 is 0 Å². The molecular weight excluding hydrogens is 439 g/mol. The fraction of sp³-hybridized carbons (Fsp3) is 0.600. The number of aliphatic imine (C=N–C) groups is 1. The van der Waals surface area contributed by atoms with Gasteiger partial charge in [-0.05, 0) is 43.9 Å². The van der Waals surface area contributed by atoms with Crippen LogP contribution in [-0.4, -0.2) is 31.8 Å². The fourth-order valence-electron chi connectivity index (χ4n) is 2.96. The smallest absolute Gasteiger partial charge is 0.191 e. The van der Waals surface area contributed by atoms with Crippen molar-refractivity contribution in [3.05, 3.63) is 35.4 Å². The molecule has 26 heavy (non-hydrogen) atoms. The van der Waals surface area contributed by atoms with Gasteiger partial charge in [-0.25, -0.2) is 4.99 Å². The Kier molecular flexibility index (Phi) is 12.1. The predicted molar refractivity (Wildman–Crippen MR) is 117 cm³/mol. The Labute approximate surface area is 174 Å². The Balaban J connectivity index is 0.00000338. The van der Waals surface area contributed by atoms with Crippen LogP contribution in [0.2, 0.25) is 0 Å². The fourth-order valence-corrected chi connectivity index (χ4v) is 2.96. The Morgan fingerprint density at radius 2 is 1.92 bits per heavy atom. The summed E-state index contributed by atoms with van der Waals surface area (Å²) in [6.45, 7) is 5.15. The Bertz CT molecular complexity index is 562. The molecule has 2 N–H and O–H groups in total. The van der Waals surface area contributed by atoms with Crippen molar-refractivity contribution in [1.82, 2.24) is 10.6 Å². The second-order valence-corrected chi connectivity index (χ2v) is 6.42. The maximum Gasteiger partial charge on any atom is 0.191 e. The molecule has 0 radical (unpaired) electrons. The molecule has 0 saturated heterocycles. The van der Waals surface area contributed by atoms with Crippen LogP contribution < -0.4 is 10.6 Å². The monoisotopic (exact) mass is 470 g/mol. The number of nitrogens with one attached hydrogen (secondary N) is 2. The molecule has 1 aromatic carbocycles. The quantitative estimate of drug-likeness (QED) is 0.261. The molecule has 0 spiro atoms. The van der Waals surface area contributed by atoms with Gasteiger partial charge in [0, 0.05) is 19.7 Å². The minimum absolute atomic E-state index is 0. The lowest BCUT2D eigenvalue weighted by atomic mass is 9.98.